The van der Waals surface area contributed by atoms with Gasteiger partial charge in [0.2, 0.25) is 11.8 Å². The normalized spacial score (nSPS) is 17.9. The number of halogens is 1. The van der Waals surface area contributed by atoms with Crippen molar-refractivity contribution in [1.29, 1.82) is 0 Å². The number of nitrogens with one attached hydrogen (secondary N) is 1. The molecule has 0 saturated carbocycles. The predicted molar refractivity (Wildman–Crippen MR) is 91.2 cm³/mol. The van der Waals surface area contributed by atoms with Gasteiger partial charge in [-0.3, -0.25) is 9.59 Å². The molecule has 1 aliphatic heterocycles. The summed E-state index contributed by atoms with van der Waals surface area (Å²) in [5.41, 5.74) is 1.06. The lowest BCUT2D eigenvalue weighted by Crippen LogP contribution is -2.46. The Morgan fingerprint density at radius 2 is 1.96 bits per heavy atom. The number of carbonyl (C=O) groups is 2. The standard InChI is InChI=1S/C17H24ClN3O2/c1-20(2)9-10-21(12-13-3-6-15(18)7-4-13)17(23)14-5-8-16(22)19-11-14/h3-4,6-7,14H,5,8-12H2,1-2H3,(H,19,22). The topological polar surface area (TPSA) is 52.7 Å². The van der Waals surface area contributed by atoms with E-state index < -0.39 is 0 Å². The molecular formula is C17H24ClN3O2. The molecule has 0 aromatic heterocycles. The number of piperidine rings is 1. The van der Waals surface area contributed by atoms with E-state index in [4.69, 9.17) is 11.6 Å². The molecule has 1 fully saturated rings. The molecule has 6 heteroatoms. The van der Waals surface area contributed by atoms with Gasteiger partial charge in [0, 0.05) is 37.6 Å². The molecule has 1 aromatic carbocycles. The summed E-state index contributed by atoms with van der Waals surface area (Å²) in [6.07, 6.45) is 1.06. The van der Waals surface area contributed by atoms with Crippen molar-refractivity contribution >= 4 is 23.4 Å². The highest BCUT2D eigenvalue weighted by Crippen LogP contribution is 2.17. The van der Waals surface area contributed by atoms with Gasteiger partial charge in [0.15, 0.2) is 0 Å². The summed E-state index contributed by atoms with van der Waals surface area (Å²) in [6, 6.07) is 7.57. The van der Waals surface area contributed by atoms with Crippen LogP contribution in [-0.2, 0) is 16.1 Å². The molecule has 0 bridgehead atoms. The maximum Gasteiger partial charge on any atom is 0.227 e. The van der Waals surface area contributed by atoms with Crippen LogP contribution in [0.1, 0.15) is 18.4 Å². The van der Waals surface area contributed by atoms with Gasteiger partial charge in [-0.2, -0.15) is 0 Å². The quantitative estimate of drug-likeness (QED) is 0.860. The molecule has 1 atom stereocenters. The monoisotopic (exact) mass is 337 g/mol. The van der Waals surface area contributed by atoms with E-state index >= 15 is 0 Å². The average molecular weight is 338 g/mol. The van der Waals surface area contributed by atoms with Crippen molar-refractivity contribution in [3.8, 4) is 0 Å². The number of likely N-dealkylation sites (N-methyl/N-ethyl adjacent to an activating group) is 1. The molecule has 0 spiro atoms. The SMILES string of the molecule is CN(C)CCN(Cc1ccc(Cl)cc1)C(=O)C1CCC(=O)NC1. The Morgan fingerprint density at radius 3 is 2.52 bits per heavy atom. The third-order valence-corrected chi connectivity index (χ3v) is 4.28. The lowest BCUT2D eigenvalue weighted by Gasteiger charge is -2.30. The Balaban J connectivity index is 2.04. The van der Waals surface area contributed by atoms with Crippen molar-refractivity contribution < 1.29 is 9.59 Å². The Kier molecular flexibility index (Phi) is 6.42. The van der Waals surface area contributed by atoms with Crippen LogP contribution in [0.4, 0.5) is 0 Å². The number of hydrogen-bond acceptors (Lipinski definition) is 3. The fourth-order valence-corrected chi connectivity index (χ4v) is 2.73. The first-order valence-corrected chi connectivity index (χ1v) is 8.28. The van der Waals surface area contributed by atoms with Crippen LogP contribution in [0.3, 0.4) is 0 Å². The highest BCUT2D eigenvalue weighted by atomic mass is 35.5. The Morgan fingerprint density at radius 1 is 1.26 bits per heavy atom. The minimum absolute atomic E-state index is 0.0339. The van der Waals surface area contributed by atoms with Gasteiger partial charge in [0.1, 0.15) is 0 Å². The first-order valence-electron chi connectivity index (χ1n) is 7.90. The van der Waals surface area contributed by atoms with Gasteiger partial charge in [0.05, 0.1) is 5.92 Å². The molecular weight excluding hydrogens is 314 g/mol. The summed E-state index contributed by atoms with van der Waals surface area (Å²) < 4.78 is 0. The summed E-state index contributed by atoms with van der Waals surface area (Å²) >= 11 is 5.92. The first-order chi connectivity index (χ1) is 11.0. The van der Waals surface area contributed by atoms with Crippen LogP contribution in [0.15, 0.2) is 24.3 Å². The van der Waals surface area contributed by atoms with Crippen molar-refractivity contribution in [1.82, 2.24) is 15.1 Å². The van der Waals surface area contributed by atoms with Crippen LogP contribution >= 0.6 is 11.6 Å². The number of nitrogens with zero attached hydrogens (tertiary/aromatic N) is 2. The highest BCUT2D eigenvalue weighted by molar-refractivity contribution is 6.30. The molecule has 1 N–H and O–H groups in total. The Hall–Kier alpha value is -1.59. The Bertz CT molecular complexity index is 535. The van der Waals surface area contributed by atoms with E-state index in [2.05, 4.69) is 10.2 Å². The van der Waals surface area contributed by atoms with Crippen LogP contribution in [0.25, 0.3) is 0 Å². The summed E-state index contributed by atoms with van der Waals surface area (Å²) in [7, 11) is 3.98. The maximum atomic E-state index is 12.8. The van der Waals surface area contributed by atoms with E-state index in [1.807, 2.05) is 43.3 Å². The Labute approximate surface area is 142 Å². The number of benzene rings is 1. The fourth-order valence-electron chi connectivity index (χ4n) is 2.60. The minimum Gasteiger partial charge on any atom is -0.355 e. The molecule has 5 nitrogen and oxygen atoms in total. The zero-order valence-corrected chi connectivity index (χ0v) is 14.5. The van der Waals surface area contributed by atoms with Crippen molar-refractivity contribution in [2.75, 3.05) is 33.7 Å². The second-order valence-corrected chi connectivity index (χ2v) is 6.67. The third kappa shape index (κ3) is 5.52. The van der Waals surface area contributed by atoms with Crippen molar-refractivity contribution in [2.24, 2.45) is 5.92 Å². The van der Waals surface area contributed by atoms with E-state index in [0.29, 0.717) is 37.5 Å². The molecule has 2 amide bonds. The van der Waals surface area contributed by atoms with Crippen molar-refractivity contribution in [3.63, 3.8) is 0 Å². The number of carbonyl (C=O) groups excluding carboxylic acids is 2. The van der Waals surface area contributed by atoms with Gasteiger partial charge in [-0.05, 0) is 38.2 Å². The largest absolute Gasteiger partial charge is 0.355 e. The van der Waals surface area contributed by atoms with Gasteiger partial charge in [-0.15, -0.1) is 0 Å². The van der Waals surface area contributed by atoms with Crippen LogP contribution in [0.5, 0.6) is 0 Å². The molecule has 23 heavy (non-hydrogen) atoms. The number of rotatable bonds is 6. The first kappa shape index (κ1) is 17.8. The summed E-state index contributed by atoms with van der Waals surface area (Å²) in [4.78, 5) is 28.0. The smallest absolute Gasteiger partial charge is 0.227 e. The molecule has 126 valence electrons. The third-order valence-electron chi connectivity index (χ3n) is 4.03. The van der Waals surface area contributed by atoms with Gasteiger partial charge < -0.3 is 15.1 Å². The van der Waals surface area contributed by atoms with Gasteiger partial charge >= 0.3 is 0 Å². The van der Waals surface area contributed by atoms with E-state index in [1.54, 1.807) is 0 Å². The van der Waals surface area contributed by atoms with Gasteiger partial charge in [0.25, 0.3) is 0 Å². The number of hydrogen-bond donors (Lipinski definition) is 1. The van der Waals surface area contributed by atoms with E-state index in [-0.39, 0.29) is 17.7 Å². The number of amides is 2. The van der Waals surface area contributed by atoms with Crippen LogP contribution in [0, 0.1) is 5.92 Å². The molecule has 1 aliphatic rings. The molecule has 0 aliphatic carbocycles. The lowest BCUT2D eigenvalue weighted by atomic mass is 9.97. The van der Waals surface area contributed by atoms with Crippen LogP contribution in [-0.4, -0.2) is 55.3 Å². The van der Waals surface area contributed by atoms with E-state index in [0.717, 1.165) is 12.1 Å². The van der Waals surface area contributed by atoms with Crippen LogP contribution < -0.4 is 5.32 Å². The molecule has 1 aromatic rings. The lowest BCUT2D eigenvalue weighted by molar-refractivity contribution is -0.138. The van der Waals surface area contributed by atoms with Gasteiger partial charge in [-0.25, -0.2) is 0 Å². The summed E-state index contributed by atoms with van der Waals surface area (Å²) in [6.45, 7) is 2.47. The van der Waals surface area contributed by atoms with Crippen LogP contribution in [0.2, 0.25) is 5.02 Å². The summed E-state index contributed by atoms with van der Waals surface area (Å²) in [5.74, 6) is 0.0237. The maximum absolute atomic E-state index is 12.8. The second-order valence-electron chi connectivity index (χ2n) is 6.23. The average Bonchev–Trinajstić information content (AvgIpc) is 2.53. The fraction of sp³-hybridized carbons (Fsp3) is 0.529. The van der Waals surface area contributed by atoms with E-state index in [1.165, 1.54) is 0 Å². The summed E-state index contributed by atoms with van der Waals surface area (Å²) in [5, 5.41) is 3.48. The van der Waals surface area contributed by atoms with Gasteiger partial charge in [-0.1, -0.05) is 23.7 Å². The zero-order valence-electron chi connectivity index (χ0n) is 13.7. The molecule has 0 radical (unpaired) electrons. The highest BCUT2D eigenvalue weighted by Gasteiger charge is 2.28. The van der Waals surface area contributed by atoms with Crippen molar-refractivity contribution in [2.45, 2.75) is 19.4 Å². The molecule has 1 heterocycles. The minimum atomic E-state index is -0.123. The molecule has 1 unspecified atom stereocenters. The van der Waals surface area contributed by atoms with E-state index in [9.17, 15) is 9.59 Å². The predicted octanol–water partition coefficient (Wildman–Crippen LogP) is 1.76. The zero-order chi connectivity index (χ0) is 16.8. The molecule has 2 rings (SSSR count). The second kappa shape index (κ2) is 8.31. The molecule has 1 saturated heterocycles. The van der Waals surface area contributed by atoms with Crippen molar-refractivity contribution in [3.05, 3.63) is 34.9 Å².